The first kappa shape index (κ1) is 19.2. The largest absolute Gasteiger partial charge is 0.494 e. The van der Waals surface area contributed by atoms with Gasteiger partial charge in [0.15, 0.2) is 0 Å². The summed E-state index contributed by atoms with van der Waals surface area (Å²) in [6.07, 6.45) is 4.96. The number of hydrogen-bond acceptors (Lipinski definition) is 5. The number of fused-ring (bicyclic) bond motifs is 1. The highest BCUT2D eigenvalue weighted by atomic mass is 16.5. The van der Waals surface area contributed by atoms with E-state index in [1.165, 1.54) is 0 Å². The first-order valence-electron chi connectivity index (χ1n) is 9.99. The summed E-state index contributed by atoms with van der Waals surface area (Å²) in [5.41, 5.74) is 2.77. The number of carbonyl (C=O) groups excluding carboxylic acids is 2. The minimum absolute atomic E-state index is 0.0694. The van der Waals surface area contributed by atoms with Crippen molar-refractivity contribution in [2.75, 3.05) is 18.5 Å². The monoisotopic (exact) mass is 395 g/mol. The zero-order valence-electron chi connectivity index (χ0n) is 16.6. The molecule has 0 saturated heterocycles. The van der Waals surface area contributed by atoms with Crippen LogP contribution >= 0.6 is 0 Å². The second-order valence-electron chi connectivity index (χ2n) is 7.52. The van der Waals surface area contributed by atoms with Gasteiger partial charge in [0.05, 0.1) is 25.0 Å². The Morgan fingerprint density at radius 1 is 1.34 bits per heavy atom. The smallest absolute Gasteiger partial charge is 0.243 e. The molecule has 2 amide bonds. The predicted octanol–water partition coefficient (Wildman–Crippen LogP) is 2.66. The second-order valence-corrected chi connectivity index (χ2v) is 7.52. The molecule has 0 radical (unpaired) electrons. The number of ether oxygens (including phenoxy) is 2. The minimum Gasteiger partial charge on any atom is -0.494 e. The van der Waals surface area contributed by atoms with Crippen LogP contribution in [0.25, 0.3) is 0 Å². The fourth-order valence-corrected chi connectivity index (χ4v) is 3.79. The number of hydrogen-bond donors (Lipinski definition) is 2. The average Bonchev–Trinajstić information content (AvgIpc) is 3.41. The number of carbonyl (C=O) groups is 2. The Labute approximate surface area is 169 Å². The Morgan fingerprint density at radius 2 is 2.21 bits per heavy atom. The van der Waals surface area contributed by atoms with E-state index in [9.17, 15) is 9.59 Å². The summed E-state index contributed by atoms with van der Waals surface area (Å²) >= 11 is 0. The highest BCUT2D eigenvalue weighted by Crippen LogP contribution is 2.52. The predicted molar refractivity (Wildman–Crippen MR) is 108 cm³/mol. The van der Waals surface area contributed by atoms with Gasteiger partial charge >= 0.3 is 0 Å². The van der Waals surface area contributed by atoms with Crippen molar-refractivity contribution in [3.05, 3.63) is 47.8 Å². The van der Waals surface area contributed by atoms with Crippen LogP contribution in [0.15, 0.2) is 36.7 Å². The van der Waals surface area contributed by atoms with E-state index in [0.29, 0.717) is 12.3 Å². The second kappa shape index (κ2) is 8.11. The standard InChI is InChI=1S/C22H25N3O4/c1-3-28-20-8-14-7-13(2)29-19(14)10-17(20)16-9-18(16)22(27)24-12-21(26)25-15-5-4-6-23-11-15/h4-6,8,10-11,13,16,18H,3,7,9,12H2,1-2H3,(H,24,27)(H,25,26)/t13?,16-,18+/m0/s1. The van der Waals surface area contributed by atoms with E-state index in [0.717, 1.165) is 35.5 Å². The Morgan fingerprint density at radius 3 is 2.97 bits per heavy atom. The molecule has 2 aromatic rings. The lowest BCUT2D eigenvalue weighted by Crippen LogP contribution is -2.34. The highest BCUT2D eigenvalue weighted by molar-refractivity contribution is 5.95. The molecule has 1 aliphatic carbocycles. The van der Waals surface area contributed by atoms with E-state index in [4.69, 9.17) is 9.47 Å². The number of benzene rings is 1. The van der Waals surface area contributed by atoms with E-state index in [1.807, 2.05) is 26.0 Å². The lowest BCUT2D eigenvalue weighted by Gasteiger charge is -2.13. The first-order valence-corrected chi connectivity index (χ1v) is 9.99. The molecule has 4 rings (SSSR count). The molecule has 1 fully saturated rings. The third-order valence-electron chi connectivity index (χ3n) is 5.22. The number of nitrogens with one attached hydrogen (secondary N) is 2. The molecule has 1 aliphatic heterocycles. The molecule has 3 atom stereocenters. The maximum Gasteiger partial charge on any atom is 0.243 e. The quantitative estimate of drug-likeness (QED) is 0.752. The average molecular weight is 395 g/mol. The third kappa shape index (κ3) is 4.34. The molecule has 1 aromatic heterocycles. The molecule has 2 aliphatic rings. The zero-order valence-corrected chi connectivity index (χ0v) is 16.6. The number of anilines is 1. The molecule has 29 heavy (non-hydrogen) atoms. The number of rotatable bonds is 7. The number of nitrogens with zero attached hydrogens (tertiary/aromatic N) is 1. The summed E-state index contributed by atoms with van der Waals surface area (Å²) in [5.74, 6) is 1.25. The van der Waals surface area contributed by atoms with Crippen molar-refractivity contribution >= 4 is 17.5 Å². The van der Waals surface area contributed by atoms with Crippen molar-refractivity contribution in [2.24, 2.45) is 5.92 Å². The van der Waals surface area contributed by atoms with Gasteiger partial charge in [-0.05, 0) is 44.5 Å². The summed E-state index contributed by atoms with van der Waals surface area (Å²) < 4.78 is 11.7. The van der Waals surface area contributed by atoms with Gasteiger partial charge in [-0.2, -0.15) is 0 Å². The van der Waals surface area contributed by atoms with Gasteiger partial charge in [0.2, 0.25) is 11.8 Å². The van der Waals surface area contributed by atoms with Gasteiger partial charge in [-0.15, -0.1) is 0 Å². The van der Waals surface area contributed by atoms with Gasteiger partial charge in [-0.3, -0.25) is 14.6 Å². The fraction of sp³-hybridized carbons (Fsp3) is 0.409. The van der Waals surface area contributed by atoms with Crippen molar-refractivity contribution in [1.82, 2.24) is 10.3 Å². The molecule has 1 aromatic carbocycles. The molecule has 2 heterocycles. The van der Waals surface area contributed by atoms with Crippen LogP contribution in [0.2, 0.25) is 0 Å². The van der Waals surface area contributed by atoms with Crippen LogP contribution in [0, 0.1) is 5.92 Å². The van der Waals surface area contributed by atoms with Gasteiger partial charge in [0.1, 0.15) is 17.6 Å². The van der Waals surface area contributed by atoms with Gasteiger partial charge in [0.25, 0.3) is 0 Å². The Balaban J connectivity index is 1.36. The maximum absolute atomic E-state index is 12.5. The maximum atomic E-state index is 12.5. The number of aromatic nitrogens is 1. The van der Waals surface area contributed by atoms with E-state index in [2.05, 4.69) is 15.6 Å². The summed E-state index contributed by atoms with van der Waals surface area (Å²) in [4.78, 5) is 28.5. The van der Waals surface area contributed by atoms with Crippen molar-refractivity contribution in [3.8, 4) is 11.5 Å². The molecule has 7 heteroatoms. The van der Waals surface area contributed by atoms with E-state index in [1.54, 1.807) is 24.5 Å². The van der Waals surface area contributed by atoms with Gasteiger partial charge < -0.3 is 20.1 Å². The lowest BCUT2D eigenvalue weighted by molar-refractivity contribution is -0.125. The van der Waals surface area contributed by atoms with Gasteiger partial charge in [-0.1, -0.05) is 0 Å². The third-order valence-corrected chi connectivity index (χ3v) is 5.22. The Bertz CT molecular complexity index is 916. The van der Waals surface area contributed by atoms with Gasteiger partial charge in [0, 0.05) is 35.6 Å². The SMILES string of the molecule is CCOc1cc2c(cc1[C@@H]1C[C@H]1C(=O)NCC(=O)Nc1cccnc1)OC(C)C2. The number of pyridine rings is 1. The molecular weight excluding hydrogens is 370 g/mol. The van der Waals surface area contributed by atoms with Crippen LogP contribution in [0.1, 0.15) is 37.3 Å². The summed E-state index contributed by atoms with van der Waals surface area (Å²) in [6.45, 7) is 4.50. The fourth-order valence-electron chi connectivity index (χ4n) is 3.79. The van der Waals surface area contributed by atoms with Crippen LogP contribution < -0.4 is 20.1 Å². The zero-order chi connectivity index (χ0) is 20.4. The lowest BCUT2D eigenvalue weighted by atomic mass is 10.0. The van der Waals surface area contributed by atoms with E-state index in [-0.39, 0.29) is 36.3 Å². The van der Waals surface area contributed by atoms with E-state index < -0.39 is 0 Å². The topological polar surface area (TPSA) is 89.5 Å². The van der Waals surface area contributed by atoms with Crippen molar-refractivity contribution in [1.29, 1.82) is 0 Å². The van der Waals surface area contributed by atoms with Crippen molar-refractivity contribution < 1.29 is 19.1 Å². The van der Waals surface area contributed by atoms with Crippen LogP contribution in [0.4, 0.5) is 5.69 Å². The summed E-state index contributed by atoms with van der Waals surface area (Å²) in [7, 11) is 0. The Kier molecular flexibility index (Phi) is 5.38. The van der Waals surface area contributed by atoms with Crippen molar-refractivity contribution in [2.45, 2.75) is 38.7 Å². The first-order chi connectivity index (χ1) is 14.0. The number of amides is 2. The van der Waals surface area contributed by atoms with Crippen LogP contribution in [-0.2, 0) is 16.0 Å². The summed E-state index contributed by atoms with van der Waals surface area (Å²) in [6, 6.07) is 7.55. The highest BCUT2D eigenvalue weighted by Gasteiger charge is 2.46. The molecule has 1 unspecified atom stereocenters. The molecule has 2 N–H and O–H groups in total. The molecule has 0 spiro atoms. The van der Waals surface area contributed by atoms with Gasteiger partial charge in [-0.25, -0.2) is 0 Å². The molecular formula is C22H25N3O4. The normalized spacial score (nSPS) is 21.7. The van der Waals surface area contributed by atoms with E-state index >= 15 is 0 Å². The Hall–Kier alpha value is -3.09. The molecule has 1 saturated carbocycles. The van der Waals surface area contributed by atoms with Crippen LogP contribution in [-0.4, -0.2) is 36.1 Å². The van der Waals surface area contributed by atoms with Crippen molar-refractivity contribution in [3.63, 3.8) is 0 Å². The summed E-state index contributed by atoms with van der Waals surface area (Å²) in [5, 5.41) is 5.44. The van der Waals surface area contributed by atoms with Crippen LogP contribution in [0.3, 0.4) is 0 Å². The molecule has 7 nitrogen and oxygen atoms in total. The minimum atomic E-state index is -0.279. The molecule has 0 bridgehead atoms. The van der Waals surface area contributed by atoms with Crippen LogP contribution in [0.5, 0.6) is 11.5 Å². The molecule has 152 valence electrons.